The lowest BCUT2D eigenvalue weighted by atomic mass is 9.89. The minimum Gasteiger partial charge on any atom is -0.346 e. The zero-order chi connectivity index (χ0) is 15.2. The van der Waals surface area contributed by atoms with Crippen molar-refractivity contribution in [1.82, 2.24) is 24.8 Å². The monoisotopic (exact) mass is 292 g/mol. The standard InChI is InChI=1S/C16H16N6/c1-11-6-22(16(3-4-17)8-18-9-16)7-13(11)14-12-2-5-19-15(12)21-10-20-14/h2,5-7,10,18H,3,8-9H2,1H3,(H,19,20,21). The first-order valence-corrected chi connectivity index (χ1v) is 7.29. The number of aromatic amines is 1. The maximum Gasteiger partial charge on any atom is 0.141 e. The summed E-state index contributed by atoms with van der Waals surface area (Å²) >= 11 is 0. The van der Waals surface area contributed by atoms with Gasteiger partial charge in [0.05, 0.1) is 23.7 Å². The van der Waals surface area contributed by atoms with E-state index < -0.39 is 0 Å². The van der Waals surface area contributed by atoms with Gasteiger partial charge < -0.3 is 14.9 Å². The highest BCUT2D eigenvalue weighted by Gasteiger charge is 2.38. The van der Waals surface area contributed by atoms with Crippen LogP contribution < -0.4 is 5.32 Å². The second-order valence-corrected chi connectivity index (χ2v) is 5.89. The number of aryl methyl sites for hydroxylation is 1. The lowest BCUT2D eigenvalue weighted by Gasteiger charge is -2.42. The Kier molecular flexibility index (Phi) is 2.78. The Hall–Kier alpha value is -2.65. The molecule has 6 heteroatoms. The number of fused-ring (bicyclic) bond motifs is 1. The molecule has 1 aliphatic rings. The van der Waals surface area contributed by atoms with Crippen molar-refractivity contribution in [3.8, 4) is 17.3 Å². The van der Waals surface area contributed by atoms with Crippen LogP contribution in [0.1, 0.15) is 12.0 Å². The molecule has 1 saturated heterocycles. The van der Waals surface area contributed by atoms with E-state index in [-0.39, 0.29) is 5.54 Å². The molecule has 4 heterocycles. The minimum absolute atomic E-state index is 0.123. The normalized spacial score (nSPS) is 16.4. The van der Waals surface area contributed by atoms with Gasteiger partial charge in [0.1, 0.15) is 12.0 Å². The van der Waals surface area contributed by atoms with Crippen molar-refractivity contribution in [2.45, 2.75) is 18.9 Å². The van der Waals surface area contributed by atoms with Crippen LogP contribution >= 0.6 is 0 Å². The number of nitrogens with zero attached hydrogens (tertiary/aromatic N) is 4. The molecule has 3 aromatic rings. The zero-order valence-electron chi connectivity index (χ0n) is 12.3. The first-order chi connectivity index (χ1) is 10.7. The number of nitrogens with one attached hydrogen (secondary N) is 2. The van der Waals surface area contributed by atoms with Crippen molar-refractivity contribution >= 4 is 11.0 Å². The summed E-state index contributed by atoms with van der Waals surface area (Å²) in [4.78, 5) is 11.8. The van der Waals surface area contributed by atoms with Gasteiger partial charge in [-0.05, 0) is 18.6 Å². The molecule has 1 aliphatic heterocycles. The second-order valence-electron chi connectivity index (χ2n) is 5.89. The van der Waals surface area contributed by atoms with Crippen molar-refractivity contribution in [3.63, 3.8) is 0 Å². The van der Waals surface area contributed by atoms with E-state index in [0.717, 1.165) is 40.9 Å². The summed E-state index contributed by atoms with van der Waals surface area (Å²) < 4.78 is 2.18. The third-order valence-electron chi connectivity index (χ3n) is 4.50. The Balaban J connectivity index is 1.84. The Bertz CT molecular complexity index is 878. The first-order valence-electron chi connectivity index (χ1n) is 7.29. The van der Waals surface area contributed by atoms with Gasteiger partial charge >= 0.3 is 0 Å². The molecule has 3 aromatic heterocycles. The SMILES string of the molecule is Cc1cn(C2(CC#N)CNC2)cc1-c1ncnc2[nH]ccc12. The number of nitriles is 1. The van der Waals surface area contributed by atoms with Gasteiger partial charge in [-0.3, -0.25) is 0 Å². The number of aromatic nitrogens is 4. The van der Waals surface area contributed by atoms with Crippen molar-refractivity contribution < 1.29 is 0 Å². The van der Waals surface area contributed by atoms with Crippen LogP contribution in [0.25, 0.3) is 22.3 Å². The van der Waals surface area contributed by atoms with Gasteiger partial charge in [0, 0.05) is 42.6 Å². The summed E-state index contributed by atoms with van der Waals surface area (Å²) in [5.74, 6) is 0. The van der Waals surface area contributed by atoms with E-state index >= 15 is 0 Å². The molecule has 110 valence electrons. The quantitative estimate of drug-likeness (QED) is 0.773. The van der Waals surface area contributed by atoms with Gasteiger partial charge in [0.25, 0.3) is 0 Å². The third-order valence-corrected chi connectivity index (χ3v) is 4.50. The average Bonchev–Trinajstić information content (AvgIpc) is 3.09. The number of rotatable bonds is 3. The Labute approximate surface area is 127 Å². The van der Waals surface area contributed by atoms with Crippen molar-refractivity contribution in [2.24, 2.45) is 0 Å². The molecule has 22 heavy (non-hydrogen) atoms. The summed E-state index contributed by atoms with van der Waals surface area (Å²) in [5.41, 5.74) is 3.90. The van der Waals surface area contributed by atoms with Crippen LogP contribution in [-0.4, -0.2) is 32.6 Å². The van der Waals surface area contributed by atoms with E-state index in [1.54, 1.807) is 6.33 Å². The van der Waals surface area contributed by atoms with Crippen molar-refractivity contribution in [1.29, 1.82) is 5.26 Å². The van der Waals surface area contributed by atoms with Gasteiger partial charge in [0.2, 0.25) is 0 Å². The Morgan fingerprint density at radius 3 is 2.95 bits per heavy atom. The molecule has 0 saturated carbocycles. The van der Waals surface area contributed by atoms with E-state index in [1.807, 2.05) is 12.3 Å². The topological polar surface area (TPSA) is 82.3 Å². The third kappa shape index (κ3) is 1.76. The van der Waals surface area contributed by atoms with Crippen LogP contribution in [-0.2, 0) is 5.54 Å². The molecule has 0 aliphatic carbocycles. The second kappa shape index (κ2) is 4.68. The van der Waals surface area contributed by atoms with E-state index in [0.29, 0.717) is 6.42 Å². The molecule has 0 spiro atoms. The fourth-order valence-corrected chi connectivity index (χ4v) is 3.12. The highest BCUT2D eigenvalue weighted by atomic mass is 15.2. The minimum atomic E-state index is -0.123. The molecule has 0 unspecified atom stereocenters. The lowest BCUT2D eigenvalue weighted by Crippen LogP contribution is -2.60. The predicted octanol–water partition coefficient (Wildman–Crippen LogP) is 1.95. The summed E-state index contributed by atoms with van der Waals surface area (Å²) in [7, 11) is 0. The number of hydrogen-bond donors (Lipinski definition) is 2. The smallest absolute Gasteiger partial charge is 0.141 e. The van der Waals surface area contributed by atoms with Crippen LogP contribution in [0.5, 0.6) is 0 Å². The van der Waals surface area contributed by atoms with Crippen LogP contribution in [0.15, 0.2) is 31.0 Å². The van der Waals surface area contributed by atoms with E-state index in [1.165, 1.54) is 0 Å². The molecular weight excluding hydrogens is 276 g/mol. The van der Waals surface area contributed by atoms with Crippen LogP contribution in [0, 0.1) is 18.3 Å². The Morgan fingerprint density at radius 2 is 2.23 bits per heavy atom. The van der Waals surface area contributed by atoms with Crippen molar-refractivity contribution in [2.75, 3.05) is 13.1 Å². The van der Waals surface area contributed by atoms with E-state index in [4.69, 9.17) is 5.26 Å². The highest BCUT2D eigenvalue weighted by Crippen LogP contribution is 2.33. The summed E-state index contributed by atoms with van der Waals surface area (Å²) in [5, 5.41) is 13.4. The highest BCUT2D eigenvalue weighted by molar-refractivity contribution is 5.91. The molecule has 0 aromatic carbocycles. The molecule has 0 atom stereocenters. The van der Waals surface area contributed by atoms with Gasteiger partial charge in [-0.15, -0.1) is 0 Å². The molecular formula is C16H16N6. The summed E-state index contributed by atoms with van der Waals surface area (Å²) in [6.45, 7) is 3.74. The van der Waals surface area contributed by atoms with Gasteiger partial charge in [-0.1, -0.05) is 0 Å². The molecule has 6 nitrogen and oxygen atoms in total. The molecule has 2 N–H and O–H groups in total. The molecule has 0 radical (unpaired) electrons. The molecule has 4 rings (SSSR count). The fraction of sp³-hybridized carbons (Fsp3) is 0.312. The maximum atomic E-state index is 9.12. The van der Waals surface area contributed by atoms with Crippen molar-refractivity contribution in [3.05, 3.63) is 36.5 Å². The van der Waals surface area contributed by atoms with E-state index in [9.17, 15) is 0 Å². The Morgan fingerprint density at radius 1 is 1.36 bits per heavy atom. The lowest BCUT2D eigenvalue weighted by molar-refractivity contribution is 0.180. The van der Waals surface area contributed by atoms with Gasteiger partial charge in [-0.2, -0.15) is 5.26 Å². The number of hydrogen-bond acceptors (Lipinski definition) is 4. The van der Waals surface area contributed by atoms with Gasteiger partial charge in [0.15, 0.2) is 0 Å². The van der Waals surface area contributed by atoms with Crippen LogP contribution in [0.4, 0.5) is 0 Å². The molecule has 1 fully saturated rings. The average molecular weight is 292 g/mol. The number of H-pyrrole nitrogens is 1. The summed E-state index contributed by atoms with van der Waals surface area (Å²) in [6.07, 6.45) is 8.20. The van der Waals surface area contributed by atoms with Crippen LogP contribution in [0.3, 0.4) is 0 Å². The van der Waals surface area contributed by atoms with Gasteiger partial charge in [-0.25, -0.2) is 9.97 Å². The fourth-order valence-electron chi connectivity index (χ4n) is 3.12. The predicted molar refractivity (Wildman–Crippen MR) is 83.1 cm³/mol. The zero-order valence-corrected chi connectivity index (χ0v) is 12.3. The van der Waals surface area contributed by atoms with E-state index in [2.05, 4.69) is 50.2 Å². The van der Waals surface area contributed by atoms with Crippen LogP contribution in [0.2, 0.25) is 0 Å². The summed E-state index contributed by atoms with van der Waals surface area (Å²) in [6, 6.07) is 4.31. The largest absolute Gasteiger partial charge is 0.346 e. The maximum absolute atomic E-state index is 9.12. The molecule has 0 amide bonds. The molecule has 0 bridgehead atoms. The first kappa shape index (κ1) is 13.0.